The summed E-state index contributed by atoms with van der Waals surface area (Å²) in [6.45, 7) is 1.32. The lowest BCUT2D eigenvalue weighted by atomic mass is 10.1. The fourth-order valence-corrected chi connectivity index (χ4v) is 2.29. The van der Waals surface area contributed by atoms with Crippen LogP contribution in [0.4, 0.5) is 26.3 Å². The topological polar surface area (TPSA) is 42.4 Å². The number of halogens is 6. The molecule has 0 atom stereocenters. The predicted molar refractivity (Wildman–Crippen MR) is 82.9 cm³/mol. The van der Waals surface area contributed by atoms with Crippen molar-refractivity contribution in [2.45, 2.75) is 26.0 Å². The number of hydrogen-bond acceptors (Lipinski definition) is 3. The van der Waals surface area contributed by atoms with Crippen LogP contribution in [-0.2, 0) is 12.7 Å². The quantitative estimate of drug-likeness (QED) is 0.716. The van der Waals surface area contributed by atoms with E-state index >= 15 is 0 Å². The average molecular weight is 392 g/mol. The summed E-state index contributed by atoms with van der Waals surface area (Å²) in [4.78, 5) is 17.0. The van der Waals surface area contributed by atoms with E-state index in [2.05, 4.69) is 9.72 Å². The van der Waals surface area contributed by atoms with Crippen molar-refractivity contribution >= 4 is 5.91 Å². The number of pyridine rings is 1. The van der Waals surface area contributed by atoms with Crippen LogP contribution in [0.5, 0.6) is 5.75 Å². The molecule has 10 heteroatoms. The van der Waals surface area contributed by atoms with Crippen molar-refractivity contribution < 1.29 is 35.9 Å². The Labute approximate surface area is 150 Å². The maximum atomic E-state index is 12.6. The highest BCUT2D eigenvalue weighted by molar-refractivity contribution is 5.95. The Morgan fingerprint density at radius 1 is 1.04 bits per heavy atom. The van der Waals surface area contributed by atoms with Crippen LogP contribution in [0.3, 0.4) is 0 Å². The van der Waals surface area contributed by atoms with Crippen molar-refractivity contribution in [3.63, 3.8) is 0 Å². The molecule has 27 heavy (non-hydrogen) atoms. The second kappa shape index (κ2) is 7.45. The van der Waals surface area contributed by atoms with Gasteiger partial charge < -0.3 is 9.64 Å². The standard InChI is InChI=1S/C17H14F6N2O2/c1-10-13(7-8-14(24-10)16(18,19)20)15(26)25(2)9-11-3-5-12(6-4-11)27-17(21,22)23/h3-8H,9H2,1-2H3. The summed E-state index contributed by atoms with van der Waals surface area (Å²) < 4.78 is 78.1. The van der Waals surface area contributed by atoms with Crippen LogP contribution in [-0.4, -0.2) is 29.2 Å². The van der Waals surface area contributed by atoms with Gasteiger partial charge in [0, 0.05) is 13.6 Å². The van der Waals surface area contributed by atoms with Gasteiger partial charge in [0.05, 0.1) is 11.3 Å². The highest BCUT2D eigenvalue weighted by atomic mass is 19.4. The van der Waals surface area contributed by atoms with E-state index in [1.807, 2.05) is 0 Å². The van der Waals surface area contributed by atoms with E-state index in [9.17, 15) is 31.1 Å². The van der Waals surface area contributed by atoms with Gasteiger partial charge in [-0.3, -0.25) is 4.79 Å². The van der Waals surface area contributed by atoms with Crippen molar-refractivity contribution in [3.05, 3.63) is 58.9 Å². The zero-order valence-electron chi connectivity index (χ0n) is 14.1. The first-order valence-electron chi connectivity index (χ1n) is 7.52. The van der Waals surface area contributed by atoms with Gasteiger partial charge in [-0.2, -0.15) is 13.2 Å². The summed E-state index contributed by atoms with van der Waals surface area (Å²) in [5, 5.41) is 0. The van der Waals surface area contributed by atoms with Gasteiger partial charge in [-0.05, 0) is 36.8 Å². The van der Waals surface area contributed by atoms with Crippen molar-refractivity contribution in [3.8, 4) is 5.75 Å². The van der Waals surface area contributed by atoms with Crippen LogP contribution in [0.25, 0.3) is 0 Å². The molecule has 1 aromatic heterocycles. The minimum absolute atomic E-state index is 0.00234. The summed E-state index contributed by atoms with van der Waals surface area (Å²) >= 11 is 0. The monoisotopic (exact) mass is 392 g/mol. The lowest BCUT2D eigenvalue weighted by Gasteiger charge is -2.19. The molecule has 1 heterocycles. The molecular formula is C17H14F6N2O2. The Morgan fingerprint density at radius 3 is 2.11 bits per heavy atom. The van der Waals surface area contributed by atoms with Crippen molar-refractivity contribution in [1.82, 2.24) is 9.88 Å². The zero-order valence-corrected chi connectivity index (χ0v) is 14.1. The third kappa shape index (κ3) is 5.60. The molecule has 0 aliphatic carbocycles. The number of carbonyl (C=O) groups excluding carboxylic acids is 1. The molecule has 146 valence electrons. The Balaban J connectivity index is 2.09. The minimum atomic E-state index is -4.80. The Kier molecular flexibility index (Phi) is 5.67. The van der Waals surface area contributed by atoms with E-state index in [0.29, 0.717) is 5.56 Å². The maximum absolute atomic E-state index is 12.6. The van der Waals surface area contributed by atoms with Gasteiger partial charge in [0.25, 0.3) is 5.91 Å². The van der Waals surface area contributed by atoms with Crippen LogP contribution in [0.2, 0.25) is 0 Å². The molecule has 0 unspecified atom stereocenters. The second-order valence-corrected chi connectivity index (χ2v) is 5.68. The molecule has 2 rings (SSSR count). The smallest absolute Gasteiger partial charge is 0.406 e. The first kappa shape index (κ1) is 20.5. The largest absolute Gasteiger partial charge is 0.573 e. The number of benzene rings is 1. The highest BCUT2D eigenvalue weighted by Crippen LogP contribution is 2.28. The number of ether oxygens (including phenoxy) is 1. The minimum Gasteiger partial charge on any atom is -0.406 e. The third-order valence-electron chi connectivity index (χ3n) is 3.53. The van der Waals surface area contributed by atoms with Crippen LogP contribution in [0.1, 0.15) is 27.3 Å². The maximum Gasteiger partial charge on any atom is 0.573 e. The van der Waals surface area contributed by atoms with E-state index < -0.39 is 29.9 Å². The average Bonchev–Trinajstić information content (AvgIpc) is 2.53. The molecule has 1 amide bonds. The van der Waals surface area contributed by atoms with E-state index in [1.54, 1.807) is 0 Å². The number of rotatable bonds is 4. The molecule has 0 N–H and O–H groups in total. The van der Waals surface area contributed by atoms with Gasteiger partial charge in [0.1, 0.15) is 11.4 Å². The van der Waals surface area contributed by atoms with Gasteiger partial charge in [-0.1, -0.05) is 12.1 Å². The van der Waals surface area contributed by atoms with E-state index in [0.717, 1.165) is 24.3 Å². The molecule has 0 bridgehead atoms. The zero-order chi connectivity index (χ0) is 20.4. The molecule has 0 saturated heterocycles. The molecule has 2 aromatic rings. The molecule has 0 spiro atoms. The summed E-state index contributed by atoms with van der Waals surface area (Å²) in [5.74, 6) is -0.965. The van der Waals surface area contributed by atoms with Gasteiger partial charge in [0.15, 0.2) is 0 Å². The molecule has 0 aliphatic heterocycles. The molecule has 0 fully saturated rings. The van der Waals surface area contributed by atoms with Crippen LogP contribution < -0.4 is 4.74 Å². The molecule has 1 aromatic carbocycles. The van der Waals surface area contributed by atoms with Gasteiger partial charge in [0.2, 0.25) is 0 Å². The van der Waals surface area contributed by atoms with Gasteiger partial charge in [-0.25, -0.2) is 4.98 Å². The van der Waals surface area contributed by atoms with E-state index in [1.165, 1.54) is 31.0 Å². The summed E-state index contributed by atoms with van der Waals surface area (Å²) in [7, 11) is 1.42. The Hall–Kier alpha value is -2.78. The van der Waals surface area contributed by atoms with Crippen LogP contribution in [0.15, 0.2) is 36.4 Å². The van der Waals surface area contributed by atoms with Gasteiger partial charge >= 0.3 is 12.5 Å². The van der Waals surface area contributed by atoms with Crippen molar-refractivity contribution in [1.29, 1.82) is 0 Å². The Morgan fingerprint density at radius 2 is 1.63 bits per heavy atom. The lowest BCUT2D eigenvalue weighted by molar-refractivity contribution is -0.274. The fraction of sp³-hybridized carbons (Fsp3) is 0.294. The summed E-state index contributed by atoms with van der Waals surface area (Å²) in [5.41, 5.74) is -0.657. The fourth-order valence-electron chi connectivity index (χ4n) is 2.29. The molecule has 0 aliphatic rings. The lowest BCUT2D eigenvalue weighted by Crippen LogP contribution is -2.27. The van der Waals surface area contributed by atoms with Gasteiger partial charge in [-0.15, -0.1) is 13.2 Å². The molecule has 0 radical (unpaired) electrons. The summed E-state index contributed by atoms with van der Waals surface area (Å²) in [6.07, 6.45) is -9.42. The number of carbonyl (C=O) groups is 1. The summed E-state index contributed by atoms with van der Waals surface area (Å²) in [6, 6.07) is 6.67. The molecular weight excluding hydrogens is 378 g/mol. The molecule has 4 nitrogen and oxygen atoms in total. The molecule has 0 saturated carbocycles. The normalized spacial score (nSPS) is 12.0. The predicted octanol–water partition coefficient (Wildman–Crippen LogP) is 4.58. The number of aromatic nitrogens is 1. The Bertz CT molecular complexity index is 816. The number of alkyl halides is 6. The second-order valence-electron chi connectivity index (χ2n) is 5.68. The highest BCUT2D eigenvalue weighted by Gasteiger charge is 2.33. The number of hydrogen-bond donors (Lipinski definition) is 0. The SMILES string of the molecule is Cc1nc(C(F)(F)F)ccc1C(=O)N(C)Cc1ccc(OC(F)(F)F)cc1. The first-order valence-corrected chi connectivity index (χ1v) is 7.52. The first-order chi connectivity index (χ1) is 12.4. The van der Waals surface area contributed by atoms with Crippen LogP contribution >= 0.6 is 0 Å². The number of aryl methyl sites for hydroxylation is 1. The van der Waals surface area contributed by atoms with Crippen molar-refractivity contribution in [2.24, 2.45) is 0 Å². The van der Waals surface area contributed by atoms with E-state index in [-0.39, 0.29) is 17.8 Å². The van der Waals surface area contributed by atoms with E-state index in [4.69, 9.17) is 0 Å². The number of amides is 1. The number of nitrogens with zero attached hydrogens (tertiary/aromatic N) is 2. The van der Waals surface area contributed by atoms with Crippen LogP contribution in [0, 0.1) is 6.92 Å². The van der Waals surface area contributed by atoms with Crippen molar-refractivity contribution in [2.75, 3.05) is 7.05 Å². The third-order valence-corrected chi connectivity index (χ3v) is 3.53.